The lowest BCUT2D eigenvalue weighted by Crippen LogP contribution is -2.33. The minimum atomic E-state index is -1.22. The molecule has 0 bridgehead atoms. The Hall–Kier alpha value is -10.6. The molecular formula is C74H78N16O16. The lowest BCUT2D eigenvalue weighted by Gasteiger charge is -2.17. The Morgan fingerprint density at radius 2 is 0.594 bits per heavy atom. The van der Waals surface area contributed by atoms with E-state index in [-0.39, 0.29) is 0 Å². The number of anilines is 4. The summed E-state index contributed by atoms with van der Waals surface area (Å²) in [6, 6.07) is 39.4. The molecule has 550 valence electrons. The maximum atomic E-state index is 10.5. The third-order valence-corrected chi connectivity index (χ3v) is 19.6. The van der Waals surface area contributed by atoms with Crippen LogP contribution in [-0.2, 0) is 18.9 Å². The van der Waals surface area contributed by atoms with Gasteiger partial charge in [0.1, 0.15) is 144 Å². The van der Waals surface area contributed by atoms with Crippen LogP contribution in [0.1, 0.15) is 36.0 Å². The van der Waals surface area contributed by atoms with Crippen LogP contribution < -0.4 is 22.9 Å². The highest BCUT2D eigenvalue weighted by molar-refractivity contribution is 6.08. The van der Waals surface area contributed by atoms with E-state index in [0.29, 0.717) is 67.4 Å². The van der Waals surface area contributed by atoms with E-state index in [2.05, 4.69) is 39.9 Å². The maximum absolute atomic E-state index is 10.5. The fourth-order valence-electron chi connectivity index (χ4n) is 14.1. The minimum Gasteiger partial charge on any atom is -0.394 e. The number of hydrogen-bond acceptors (Lipinski definition) is 28. The summed E-state index contributed by atoms with van der Waals surface area (Å²) in [5, 5.41) is 124. The third-order valence-electron chi connectivity index (χ3n) is 19.6. The van der Waals surface area contributed by atoms with Crippen molar-refractivity contribution in [3.8, 4) is 44.5 Å². The van der Waals surface area contributed by atoms with Gasteiger partial charge in [-0.05, 0) is 46.9 Å². The van der Waals surface area contributed by atoms with Gasteiger partial charge in [0.05, 0.1) is 48.0 Å². The number of aromatic nitrogens is 12. The third kappa shape index (κ3) is 13.1. The summed E-state index contributed by atoms with van der Waals surface area (Å²) in [6.07, 6.45) is -4.17. The second-order valence-electron chi connectivity index (χ2n) is 26.2. The van der Waals surface area contributed by atoms with Gasteiger partial charge in [-0.3, -0.25) is 0 Å². The number of hydrogen-bond donors (Lipinski definition) is 16. The first-order valence-corrected chi connectivity index (χ1v) is 33.8. The van der Waals surface area contributed by atoms with E-state index in [1.807, 2.05) is 135 Å². The van der Waals surface area contributed by atoms with Gasteiger partial charge in [-0.1, -0.05) is 132 Å². The summed E-state index contributed by atoms with van der Waals surface area (Å²) in [6.45, 7) is 2.43. The van der Waals surface area contributed by atoms with Gasteiger partial charge < -0.3 is 121 Å². The number of nitrogen functional groups attached to an aromatic ring is 4. The molecule has 0 saturated carbocycles. The first kappa shape index (κ1) is 72.3. The molecule has 16 atom stereocenters. The quantitative estimate of drug-likeness (QED) is 0.0836. The monoisotopic (exact) mass is 1450 g/mol. The van der Waals surface area contributed by atoms with E-state index in [1.165, 1.54) is 25.3 Å². The van der Waals surface area contributed by atoms with E-state index >= 15 is 0 Å². The summed E-state index contributed by atoms with van der Waals surface area (Å²) < 4.78 is 29.2. The summed E-state index contributed by atoms with van der Waals surface area (Å²) in [4.78, 5) is 33.6. The van der Waals surface area contributed by atoms with Crippen LogP contribution in [-0.4, -0.2) is 219 Å². The largest absolute Gasteiger partial charge is 0.394 e. The molecule has 32 nitrogen and oxygen atoms in total. The van der Waals surface area contributed by atoms with Gasteiger partial charge in [0, 0.05) is 47.0 Å². The number of fused-ring (bicyclic) bond motifs is 5. The summed E-state index contributed by atoms with van der Waals surface area (Å²) in [5.41, 5.74) is 35.6. The zero-order chi connectivity index (χ0) is 74.5. The van der Waals surface area contributed by atoms with Crippen molar-refractivity contribution in [1.29, 1.82) is 0 Å². The highest BCUT2D eigenvalue weighted by Crippen LogP contribution is 2.44. The zero-order valence-electron chi connectivity index (χ0n) is 56.9. The zero-order valence-corrected chi connectivity index (χ0v) is 56.9. The van der Waals surface area contributed by atoms with Crippen molar-refractivity contribution in [3.05, 3.63) is 183 Å². The molecule has 5 aromatic carbocycles. The van der Waals surface area contributed by atoms with E-state index in [4.69, 9.17) is 41.9 Å². The minimum absolute atomic E-state index is 0.309. The van der Waals surface area contributed by atoms with Crippen LogP contribution in [0.5, 0.6) is 0 Å². The molecule has 4 saturated heterocycles. The standard InChI is InChI=1S/C21H20N4O4.2C18H20N4O4.C17H18N4O4/c22-19-16-14(13-7-3-5-11-4-1-2-6-12(11)13)8-25(20(16)24-10-23-19)21-18(28)17(27)15(9-26)29-21;2*1-9-2-4-10(5-3-9)11-6-22(17-13(11)16(19)20-8-21-17)18-15(25)14(24)12(7-23)26-18;18-15-12-10(9-4-2-1-3-5-9)6-21(16(12)20-8-19-15)17-14(24)13(23)11(7-22)25-17/h1-8,10,15,17-18,21,26-28H,9H2,(H2,22,23,24);2*2-6,8,12,14-15,18,23-25H,7H2,1H3,(H2,19,20,21);1-6,8,11,13-14,17,22-24H,7H2,(H2,18,19,20)/t15-,17?,18+,21-;2*12-,14?,15+,18-;11-,13?,14+,17-/m1111/s1. The molecule has 20 N–H and O–H groups in total. The van der Waals surface area contributed by atoms with Gasteiger partial charge in [0.2, 0.25) is 0 Å². The van der Waals surface area contributed by atoms with Crippen LogP contribution in [0.15, 0.2) is 171 Å². The number of aliphatic hydroxyl groups excluding tert-OH is 12. The van der Waals surface area contributed by atoms with Crippen molar-refractivity contribution in [2.75, 3.05) is 49.4 Å². The number of rotatable bonds is 12. The van der Waals surface area contributed by atoms with Gasteiger partial charge >= 0.3 is 0 Å². The Morgan fingerprint density at radius 3 is 0.915 bits per heavy atom. The van der Waals surface area contributed by atoms with E-state index < -0.39 is 125 Å². The van der Waals surface area contributed by atoms with Crippen LogP contribution in [0, 0.1) is 13.8 Å². The molecule has 0 radical (unpaired) electrons. The fourth-order valence-corrected chi connectivity index (χ4v) is 14.1. The van der Waals surface area contributed by atoms with Gasteiger partial charge in [-0.2, -0.15) is 0 Å². The molecule has 12 heterocycles. The Bertz CT molecular complexity index is 5120. The normalized spacial score (nSPS) is 25.6. The molecule has 8 aromatic heterocycles. The second-order valence-corrected chi connectivity index (χ2v) is 26.2. The van der Waals surface area contributed by atoms with Crippen molar-refractivity contribution >= 4 is 78.2 Å². The Balaban J connectivity index is 0.000000119. The van der Waals surface area contributed by atoms with E-state index in [0.717, 1.165) is 66.4 Å². The smallest absolute Gasteiger partial charge is 0.164 e. The highest BCUT2D eigenvalue weighted by Gasteiger charge is 2.48. The lowest BCUT2D eigenvalue weighted by molar-refractivity contribution is -0.0508. The Labute approximate surface area is 602 Å². The van der Waals surface area contributed by atoms with Crippen LogP contribution in [0.25, 0.3) is 99.4 Å². The number of aliphatic hydroxyl groups is 12. The number of benzene rings is 5. The number of nitrogens with zero attached hydrogens (tertiary/aromatic N) is 12. The SMILES string of the molecule is Cc1ccc(-c2cn([C@@H]3O[C@H](CO)C(O)[C@@H]3O)c3ncnc(N)c23)cc1.Cc1ccc(-c2cn([C@@H]3O[C@H](CO)C(O)[C@@H]3O)c3ncnc(N)c23)cc1.Nc1ncnc2c1c(-c1cccc3ccccc13)cn2[C@@H]1O[C@H](CO)C(O)[C@@H]1O.Nc1ncnc2c1c(-c1ccccc1)cn2[C@@H]1O[C@H](CO)C(O)[C@@H]1O. The number of ether oxygens (including phenoxy) is 4. The average molecular weight is 1450 g/mol. The van der Waals surface area contributed by atoms with Crippen molar-refractivity contribution in [1.82, 2.24) is 58.1 Å². The predicted molar refractivity (Wildman–Crippen MR) is 389 cm³/mol. The van der Waals surface area contributed by atoms with Crippen molar-refractivity contribution in [3.63, 3.8) is 0 Å². The Morgan fingerprint density at radius 1 is 0.311 bits per heavy atom. The molecule has 4 aliphatic rings. The molecule has 106 heavy (non-hydrogen) atoms. The molecule has 4 unspecified atom stereocenters. The van der Waals surface area contributed by atoms with Crippen molar-refractivity contribution in [2.45, 2.75) is 112 Å². The number of nitrogens with two attached hydrogens (primary N) is 4. The van der Waals surface area contributed by atoms with Crippen LogP contribution in [0.4, 0.5) is 23.3 Å². The average Bonchev–Trinajstić information content (AvgIpc) is 1.61. The van der Waals surface area contributed by atoms with Crippen LogP contribution in [0.2, 0.25) is 0 Å². The fraction of sp³-hybridized carbons (Fsp3) is 0.297. The van der Waals surface area contributed by atoms with E-state index in [1.54, 1.807) is 43.1 Å². The molecular weight excluding hydrogens is 1370 g/mol. The van der Waals surface area contributed by atoms with Gasteiger partial charge in [-0.15, -0.1) is 0 Å². The van der Waals surface area contributed by atoms with Crippen molar-refractivity contribution < 1.29 is 80.2 Å². The topological polar surface area (TPSA) is 507 Å². The molecule has 0 spiro atoms. The van der Waals surface area contributed by atoms with Gasteiger partial charge in [0.25, 0.3) is 0 Å². The van der Waals surface area contributed by atoms with E-state index in [9.17, 15) is 61.3 Å². The maximum Gasteiger partial charge on any atom is 0.164 e. The molecule has 13 aromatic rings. The Kier molecular flexibility index (Phi) is 20.5. The first-order valence-electron chi connectivity index (χ1n) is 33.8. The van der Waals surface area contributed by atoms with Crippen molar-refractivity contribution in [2.24, 2.45) is 0 Å². The lowest BCUT2D eigenvalue weighted by atomic mass is 9.98. The van der Waals surface area contributed by atoms with Gasteiger partial charge in [0.15, 0.2) is 24.9 Å². The molecule has 17 rings (SSSR count). The van der Waals surface area contributed by atoms with Crippen LogP contribution in [0.3, 0.4) is 0 Å². The molecule has 4 fully saturated rings. The summed E-state index contributed by atoms with van der Waals surface area (Å²) in [7, 11) is 0. The number of aryl methyl sites for hydroxylation is 2. The second kappa shape index (κ2) is 30.1. The van der Waals surface area contributed by atoms with Gasteiger partial charge in [-0.25, -0.2) is 39.9 Å². The molecule has 4 aliphatic heterocycles. The molecule has 32 heteroatoms. The molecule has 0 amide bonds. The first-order chi connectivity index (χ1) is 51.2. The van der Waals surface area contributed by atoms with Crippen LogP contribution >= 0.6 is 0 Å². The predicted octanol–water partition coefficient (Wildman–Crippen LogP) is 2.94. The summed E-state index contributed by atoms with van der Waals surface area (Å²) >= 11 is 0. The highest BCUT2D eigenvalue weighted by atomic mass is 16.6. The molecule has 0 aliphatic carbocycles. The summed E-state index contributed by atoms with van der Waals surface area (Å²) in [5.74, 6) is 1.25.